The maximum absolute atomic E-state index is 5.59. The van der Waals surface area contributed by atoms with E-state index in [0.717, 1.165) is 25.0 Å². The predicted molar refractivity (Wildman–Crippen MR) is 81.4 cm³/mol. The molecule has 0 spiro atoms. The molecule has 2 fully saturated rings. The van der Waals surface area contributed by atoms with E-state index in [1.807, 2.05) is 0 Å². The van der Waals surface area contributed by atoms with Crippen LogP contribution in [-0.4, -0.2) is 37.7 Å². The van der Waals surface area contributed by atoms with Gasteiger partial charge in [0.2, 0.25) is 0 Å². The van der Waals surface area contributed by atoms with Gasteiger partial charge in [-0.25, -0.2) is 0 Å². The Morgan fingerprint density at radius 2 is 1.79 bits per heavy atom. The molecule has 0 aromatic heterocycles. The van der Waals surface area contributed by atoms with Crippen molar-refractivity contribution in [2.45, 2.75) is 59.3 Å². The van der Waals surface area contributed by atoms with Gasteiger partial charge in [0.05, 0.1) is 0 Å². The average Bonchev–Trinajstić information content (AvgIpc) is 2.46. The lowest BCUT2D eigenvalue weighted by atomic mass is 9.65. The summed E-state index contributed by atoms with van der Waals surface area (Å²) in [5, 5.41) is 0. The fourth-order valence-electron chi connectivity index (χ4n) is 4.04. The summed E-state index contributed by atoms with van der Waals surface area (Å²) in [5.41, 5.74) is 0.613. The van der Waals surface area contributed by atoms with Crippen LogP contribution >= 0.6 is 0 Å². The number of piperidine rings is 1. The summed E-state index contributed by atoms with van der Waals surface area (Å²) in [6, 6.07) is 0. The van der Waals surface area contributed by atoms with Crippen LogP contribution in [0.4, 0.5) is 0 Å². The van der Waals surface area contributed by atoms with Crippen molar-refractivity contribution >= 4 is 0 Å². The second kappa shape index (κ2) is 7.08. The van der Waals surface area contributed by atoms with Crippen LogP contribution in [0.1, 0.15) is 59.3 Å². The molecular weight excluding hydrogens is 234 g/mol. The Morgan fingerprint density at radius 3 is 2.32 bits per heavy atom. The molecule has 112 valence electrons. The second-order valence-electron chi connectivity index (χ2n) is 7.13. The van der Waals surface area contributed by atoms with E-state index in [9.17, 15) is 0 Å². The van der Waals surface area contributed by atoms with Crippen LogP contribution in [0.2, 0.25) is 0 Å². The first-order valence-electron chi connectivity index (χ1n) is 8.46. The van der Waals surface area contributed by atoms with Gasteiger partial charge in [0.15, 0.2) is 0 Å². The van der Waals surface area contributed by atoms with Crippen molar-refractivity contribution in [1.82, 2.24) is 4.90 Å². The third kappa shape index (κ3) is 3.95. The molecule has 0 aromatic rings. The maximum atomic E-state index is 5.59. The molecule has 0 aromatic carbocycles. The third-order valence-corrected chi connectivity index (χ3v) is 5.67. The highest BCUT2D eigenvalue weighted by Crippen LogP contribution is 2.45. The number of likely N-dealkylation sites (tertiary alicyclic amines) is 1. The van der Waals surface area contributed by atoms with Crippen molar-refractivity contribution in [3.8, 4) is 0 Å². The lowest BCUT2D eigenvalue weighted by Gasteiger charge is -2.46. The van der Waals surface area contributed by atoms with Crippen molar-refractivity contribution in [3.05, 3.63) is 0 Å². The molecule has 0 saturated carbocycles. The topological polar surface area (TPSA) is 12.5 Å². The summed E-state index contributed by atoms with van der Waals surface area (Å²) in [6.07, 6.45) is 8.17. The molecule has 0 atom stereocenters. The van der Waals surface area contributed by atoms with Crippen LogP contribution in [-0.2, 0) is 4.74 Å². The first-order valence-corrected chi connectivity index (χ1v) is 8.46. The molecule has 2 rings (SSSR count). The zero-order chi connectivity index (χ0) is 13.7. The molecule has 19 heavy (non-hydrogen) atoms. The number of nitrogens with zero attached hydrogens (tertiary/aromatic N) is 1. The Morgan fingerprint density at radius 1 is 1.16 bits per heavy atom. The van der Waals surface area contributed by atoms with E-state index >= 15 is 0 Å². The van der Waals surface area contributed by atoms with Crippen LogP contribution in [0, 0.1) is 17.3 Å². The summed E-state index contributed by atoms with van der Waals surface area (Å²) >= 11 is 0. The van der Waals surface area contributed by atoms with Gasteiger partial charge in [0.25, 0.3) is 0 Å². The SMILES string of the molecule is CCC1(C2CCN(CCC(C)C)CC2)CCOCC1. The molecule has 0 bridgehead atoms. The monoisotopic (exact) mass is 267 g/mol. The van der Waals surface area contributed by atoms with Crippen LogP contribution in [0.15, 0.2) is 0 Å². The quantitative estimate of drug-likeness (QED) is 0.748. The highest BCUT2D eigenvalue weighted by atomic mass is 16.5. The number of ether oxygens (including phenoxy) is 1. The fraction of sp³-hybridized carbons (Fsp3) is 1.00. The van der Waals surface area contributed by atoms with Gasteiger partial charge >= 0.3 is 0 Å². The first kappa shape index (κ1) is 15.3. The molecule has 0 N–H and O–H groups in total. The van der Waals surface area contributed by atoms with Gasteiger partial charge in [-0.05, 0) is 69.0 Å². The smallest absolute Gasteiger partial charge is 0.0471 e. The van der Waals surface area contributed by atoms with Crippen molar-refractivity contribution < 1.29 is 4.74 Å². The van der Waals surface area contributed by atoms with Gasteiger partial charge in [0.1, 0.15) is 0 Å². The normalized spacial score (nSPS) is 25.9. The van der Waals surface area contributed by atoms with Crippen LogP contribution < -0.4 is 0 Å². The molecule has 0 radical (unpaired) electrons. The maximum Gasteiger partial charge on any atom is 0.0471 e. The van der Waals surface area contributed by atoms with Gasteiger partial charge in [-0.1, -0.05) is 27.2 Å². The summed E-state index contributed by atoms with van der Waals surface area (Å²) < 4.78 is 5.59. The molecule has 0 amide bonds. The van der Waals surface area contributed by atoms with Gasteiger partial charge in [0, 0.05) is 13.2 Å². The van der Waals surface area contributed by atoms with Gasteiger partial charge in [-0.3, -0.25) is 0 Å². The molecule has 2 heterocycles. The standard InChI is InChI=1S/C17H33NO/c1-4-17(8-13-19-14-9-17)16-6-11-18(12-7-16)10-5-15(2)3/h15-16H,4-14H2,1-3H3. The lowest BCUT2D eigenvalue weighted by molar-refractivity contribution is -0.0387. The highest BCUT2D eigenvalue weighted by molar-refractivity contribution is 4.90. The minimum Gasteiger partial charge on any atom is -0.381 e. The molecular formula is C17H33NO. The second-order valence-corrected chi connectivity index (χ2v) is 7.13. The van der Waals surface area contributed by atoms with Crippen molar-refractivity contribution in [3.63, 3.8) is 0 Å². The number of hydrogen-bond acceptors (Lipinski definition) is 2. The zero-order valence-electron chi connectivity index (χ0n) is 13.3. The molecule has 0 unspecified atom stereocenters. The van der Waals surface area contributed by atoms with Crippen LogP contribution in [0.5, 0.6) is 0 Å². The molecule has 0 aliphatic carbocycles. The largest absolute Gasteiger partial charge is 0.381 e. The molecule has 2 saturated heterocycles. The predicted octanol–water partition coefficient (Wildman–Crippen LogP) is 3.95. The van der Waals surface area contributed by atoms with E-state index < -0.39 is 0 Å². The Kier molecular flexibility index (Phi) is 5.70. The number of rotatable bonds is 5. The Balaban J connectivity index is 1.81. The van der Waals surface area contributed by atoms with E-state index in [2.05, 4.69) is 25.7 Å². The van der Waals surface area contributed by atoms with E-state index in [-0.39, 0.29) is 0 Å². The third-order valence-electron chi connectivity index (χ3n) is 5.67. The van der Waals surface area contributed by atoms with E-state index in [4.69, 9.17) is 4.74 Å². The van der Waals surface area contributed by atoms with E-state index in [1.54, 1.807) is 0 Å². The molecule has 2 aliphatic rings. The molecule has 2 heteroatoms. The van der Waals surface area contributed by atoms with Crippen molar-refractivity contribution in [1.29, 1.82) is 0 Å². The first-order chi connectivity index (χ1) is 9.16. The lowest BCUT2D eigenvalue weighted by Crippen LogP contribution is -2.43. The summed E-state index contributed by atoms with van der Waals surface area (Å²) in [5.74, 6) is 1.80. The molecule has 2 aliphatic heterocycles. The van der Waals surface area contributed by atoms with Crippen LogP contribution in [0.3, 0.4) is 0 Å². The summed E-state index contributed by atoms with van der Waals surface area (Å²) in [4.78, 5) is 2.69. The average molecular weight is 267 g/mol. The van der Waals surface area contributed by atoms with E-state index in [0.29, 0.717) is 5.41 Å². The minimum absolute atomic E-state index is 0.613. The van der Waals surface area contributed by atoms with Crippen molar-refractivity contribution in [2.75, 3.05) is 32.8 Å². The van der Waals surface area contributed by atoms with E-state index in [1.165, 1.54) is 58.2 Å². The Bertz CT molecular complexity index is 250. The minimum atomic E-state index is 0.613. The fourth-order valence-corrected chi connectivity index (χ4v) is 4.04. The summed E-state index contributed by atoms with van der Waals surface area (Å²) in [6.45, 7) is 13.0. The van der Waals surface area contributed by atoms with Gasteiger partial charge in [-0.15, -0.1) is 0 Å². The van der Waals surface area contributed by atoms with Gasteiger partial charge in [-0.2, -0.15) is 0 Å². The highest BCUT2D eigenvalue weighted by Gasteiger charge is 2.39. The zero-order valence-corrected chi connectivity index (χ0v) is 13.3. The Labute approximate surface area is 119 Å². The van der Waals surface area contributed by atoms with Crippen molar-refractivity contribution in [2.24, 2.45) is 17.3 Å². The summed E-state index contributed by atoms with van der Waals surface area (Å²) in [7, 11) is 0. The van der Waals surface area contributed by atoms with Crippen LogP contribution in [0.25, 0.3) is 0 Å². The Hall–Kier alpha value is -0.0800. The number of hydrogen-bond donors (Lipinski definition) is 0. The molecule has 2 nitrogen and oxygen atoms in total. The van der Waals surface area contributed by atoms with Gasteiger partial charge < -0.3 is 9.64 Å².